The molecule has 18 heteroatoms. The van der Waals surface area contributed by atoms with E-state index in [-0.39, 0.29) is 144 Å². The molecule has 0 rings (SSSR count). The Balaban J connectivity index is -0.0000000413. The van der Waals surface area contributed by atoms with Crippen LogP contribution >= 0.6 is 0 Å². The van der Waals surface area contributed by atoms with Crippen molar-refractivity contribution in [2.45, 2.75) is 51.6 Å². The predicted octanol–water partition coefficient (Wildman–Crippen LogP) is -18.6. The van der Waals surface area contributed by atoms with Crippen molar-refractivity contribution >= 4 is 35.8 Å². The van der Waals surface area contributed by atoms with E-state index in [1.807, 2.05) is 0 Å². The van der Waals surface area contributed by atoms with Gasteiger partial charge in [0.05, 0.1) is 11.9 Å². The number of carbonyl (C=O) groups is 6. The molecule has 0 amide bonds. The van der Waals surface area contributed by atoms with Crippen LogP contribution in [0.2, 0.25) is 0 Å². The summed E-state index contributed by atoms with van der Waals surface area (Å²) in [5.41, 5.74) is 9.82. The van der Waals surface area contributed by atoms with Gasteiger partial charge in [-0.05, 0) is 25.7 Å². The van der Waals surface area contributed by atoms with Crippen LogP contribution < -0.4 is 150 Å². The molecule has 2 atom stereocenters. The standard InChI is InChI=1S/2C5H9NO4.2C2H4O2.4Na/c2*6-3(5(9)10)1-2-4(7)8;2*1-2(3)4;;;;/h2*3H,1-2,6H2,(H,7,8)(H,9,10);2*1H3,(H,3,4);;;;/q;;;;4*+1/p-4/t2*3-;;;;;;/m00....../s1. The van der Waals surface area contributed by atoms with Gasteiger partial charge in [-0.25, -0.2) is 0 Å². The van der Waals surface area contributed by atoms with Crippen molar-refractivity contribution in [3.8, 4) is 0 Å². The first-order valence-electron chi connectivity index (χ1n) is 7.26. The van der Waals surface area contributed by atoms with E-state index in [1.54, 1.807) is 0 Å². The Kier molecular flexibility index (Phi) is 61.1. The molecule has 0 aliphatic rings. The summed E-state index contributed by atoms with van der Waals surface area (Å²) in [4.78, 5) is 57.2. The van der Waals surface area contributed by atoms with Crippen LogP contribution in [0.1, 0.15) is 39.5 Å². The molecule has 14 nitrogen and oxygen atoms in total. The van der Waals surface area contributed by atoms with Gasteiger partial charge < -0.3 is 61.3 Å². The van der Waals surface area contributed by atoms with Gasteiger partial charge in [-0.1, -0.05) is 0 Å². The number of rotatable bonds is 8. The topological polar surface area (TPSA) is 287 Å². The van der Waals surface area contributed by atoms with E-state index in [1.165, 1.54) is 0 Å². The maximum Gasteiger partial charge on any atom is 1.00 e. The predicted molar refractivity (Wildman–Crippen MR) is 81.1 cm³/mol. The van der Waals surface area contributed by atoms with Crippen molar-refractivity contribution in [3.05, 3.63) is 0 Å². The minimum atomic E-state index is -1.44. The fourth-order valence-corrected chi connectivity index (χ4v) is 0.782. The fourth-order valence-electron chi connectivity index (χ4n) is 0.782. The Morgan fingerprint density at radius 2 is 0.781 bits per heavy atom. The molecule has 0 aliphatic heterocycles. The number of hydrogen-bond donors (Lipinski definition) is 4. The summed E-state index contributed by atoms with van der Waals surface area (Å²) in [6.45, 7) is 2.17. The fraction of sp³-hybridized carbons (Fsp3) is 0.571. The van der Waals surface area contributed by atoms with Gasteiger partial charge in [0.15, 0.2) is 0 Å². The average Bonchev–Trinajstić information content (AvgIpc) is 2.49. The molecule has 0 heterocycles. The van der Waals surface area contributed by atoms with Gasteiger partial charge in [-0.3, -0.25) is 9.59 Å². The molecule has 0 spiro atoms. The monoisotopic (exact) mass is 502 g/mol. The molecule has 164 valence electrons. The van der Waals surface area contributed by atoms with Crippen LogP contribution in [0.5, 0.6) is 0 Å². The van der Waals surface area contributed by atoms with Crippen LogP contribution in [-0.2, 0) is 28.8 Å². The number of hydrogen-bond acceptors (Lipinski definition) is 12. The van der Waals surface area contributed by atoms with Crippen LogP contribution in [-0.4, -0.2) is 58.1 Å². The van der Waals surface area contributed by atoms with Gasteiger partial charge in [-0.2, -0.15) is 0 Å². The Morgan fingerprint density at radius 3 is 0.875 bits per heavy atom. The first-order chi connectivity index (χ1) is 12.5. The van der Waals surface area contributed by atoms with Gasteiger partial charge in [0, 0.05) is 37.9 Å². The van der Waals surface area contributed by atoms with Crippen LogP contribution in [0.25, 0.3) is 0 Å². The Bertz CT molecular complexity index is 484. The van der Waals surface area contributed by atoms with Crippen molar-refractivity contribution in [1.82, 2.24) is 0 Å². The Morgan fingerprint density at radius 1 is 0.625 bits per heavy atom. The zero-order chi connectivity index (χ0) is 23.4. The molecular formula is C14H22N2Na4O12. The molecule has 0 unspecified atom stereocenters. The maximum absolute atomic E-state index is 9.86. The summed E-state index contributed by atoms with van der Waals surface area (Å²) >= 11 is 0. The van der Waals surface area contributed by atoms with Gasteiger partial charge in [0.25, 0.3) is 11.9 Å². The SMILES string of the molecule is CC(=O)O.CC(=O)O.N[C@@H](CCC(=O)[O-])C(=O)[O-].N[C@@H](CCC(=O)[O-])C(=O)[O-].[Na+].[Na+].[Na+].[Na+]. The van der Waals surface area contributed by atoms with E-state index < -0.39 is 47.9 Å². The van der Waals surface area contributed by atoms with Crippen LogP contribution in [0.4, 0.5) is 0 Å². The molecule has 0 bridgehead atoms. The molecule has 0 aromatic rings. The summed E-state index contributed by atoms with van der Waals surface area (Å²) in [5.74, 6) is -7.17. The normalized spacial score (nSPS) is 9.38. The smallest absolute Gasteiger partial charge is 0.550 e. The molecule has 32 heavy (non-hydrogen) atoms. The molecule has 0 fully saturated rings. The zero-order valence-electron chi connectivity index (χ0n) is 19.1. The Hall–Kier alpha value is 0.740. The molecule has 0 aromatic carbocycles. The van der Waals surface area contributed by atoms with Crippen molar-refractivity contribution in [2.75, 3.05) is 0 Å². The van der Waals surface area contributed by atoms with Crippen molar-refractivity contribution in [2.24, 2.45) is 11.5 Å². The summed E-state index contributed by atoms with van der Waals surface area (Å²) in [6.07, 6.45) is -1.00. The van der Waals surface area contributed by atoms with Crippen molar-refractivity contribution in [3.63, 3.8) is 0 Å². The zero-order valence-corrected chi connectivity index (χ0v) is 27.1. The third-order valence-electron chi connectivity index (χ3n) is 1.92. The first-order valence-corrected chi connectivity index (χ1v) is 7.26. The maximum atomic E-state index is 9.86. The quantitative estimate of drug-likeness (QED) is 0.224. The number of carboxylic acids is 6. The number of aliphatic carboxylic acids is 6. The summed E-state index contributed by atoms with van der Waals surface area (Å²) < 4.78 is 0. The third-order valence-corrected chi connectivity index (χ3v) is 1.92. The largest absolute Gasteiger partial charge is 1.00 e. The van der Waals surface area contributed by atoms with Crippen LogP contribution in [0.3, 0.4) is 0 Å². The summed E-state index contributed by atoms with van der Waals surface area (Å²) in [5, 5.41) is 54.1. The van der Waals surface area contributed by atoms with Crippen LogP contribution in [0.15, 0.2) is 0 Å². The number of carboxylic acid groups (broad SMARTS) is 6. The molecular weight excluding hydrogens is 480 g/mol. The molecule has 6 N–H and O–H groups in total. The van der Waals surface area contributed by atoms with Gasteiger partial charge in [0.1, 0.15) is 0 Å². The van der Waals surface area contributed by atoms with Crippen LogP contribution in [0, 0.1) is 0 Å². The number of nitrogens with two attached hydrogens (primary N) is 2. The molecule has 0 saturated heterocycles. The van der Waals surface area contributed by atoms with Gasteiger partial charge in [-0.15, -0.1) is 0 Å². The van der Waals surface area contributed by atoms with Crippen molar-refractivity contribution < 1.29 is 178 Å². The summed E-state index contributed by atoms with van der Waals surface area (Å²) in [7, 11) is 0. The molecule has 0 radical (unpaired) electrons. The molecule has 0 aliphatic carbocycles. The van der Waals surface area contributed by atoms with Gasteiger partial charge in [0.2, 0.25) is 0 Å². The molecule has 0 saturated carbocycles. The second kappa shape index (κ2) is 36.3. The van der Waals surface area contributed by atoms with E-state index in [4.69, 9.17) is 31.3 Å². The van der Waals surface area contributed by atoms with E-state index in [9.17, 15) is 39.6 Å². The Labute approximate surface area is 273 Å². The molecule has 0 aromatic heterocycles. The van der Waals surface area contributed by atoms with E-state index in [2.05, 4.69) is 0 Å². The van der Waals surface area contributed by atoms with E-state index >= 15 is 0 Å². The first kappa shape index (κ1) is 53.9. The second-order valence-corrected chi connectivity index (χ2v) is 4.71. The third kappa shape index (κ3) is 77.4. The average molecular weight is 502 g/mol. The number of carbonyl (C=O) groups excluding carboxylic acids is 4. The van der Waals surface area contributed by atoms with E-state index in [0.717, 1.165) is 13.8 Å². The van der Waals surface area contributed by atoms with E-state index in [0.29, 0.717) is 0 Å². The second-order valence-electron chi connectivity index (χ2n) is 4.71. The minimum absolute atomic E-state index is 0. The minimum Gasteiger partial charge on any atom is -0.550 e. The van der Waals surface area contributed by atoms with Gasteiger partial charge >= 0.3 is 118 Å². The van der Waals surface area contributed by atoms with Crippen molar-refractivity contribution in [1.29, 1.82) is 0 Å². The summed E-state index contributed by atoms with van der Waals surface area (Å²) in [6, 6.07) is -2.42.